The normalized spacial score (nSPS) is 17.8. The monoisotopic (exact) mass is 340 g/mol. The van der Waals surface area contributed by atoms with Gasteiger partial charge >= 0.3 is 0 Å². The molecule has 2 aromatic rings. The van der Waals surface area contributed by atoms with Crippen molar-refractivity contribution in [2.75, 3.05) is 13.6 Å². The van der Waals surface area contributed by atoms with Crippen LogP contribution in [0.15, 0.2) is 36.7 Å². The van der Waals surface area contributed by atoms with Gasteiger partial charge in [-0.05, 0) is 49.8 Å². The van der Waals surface area contributed by atoms with Gasteiger partial charge in [-0.3, -0.25) is 9.48 Å². The molecule has 0 saturated heterocycles. The number of carbonyl (C=O) groups is 1. The molecule has 0 spiro atoms. The fourth-order valence-electron chi connectivity index (χ4n) is 3.60. The third-order valence-electron chi connectivity index (χ3n) is 5.02. The maximum Gasteiger partial charge on any atom is 0.236 e. The number of hydrogen-bond acceptors (Lipinski definition) is 3. The molecule has 0 fully saturated rings. The highest BCUT2D eigenvalue weighted by atomic mass is 16.2. The molecule has 5 heteroatoms. The number of fused-ring (bicyclic) bond motifs is 1. The standard InChI is InChI=1S/C20H28N4O/c1-15-11-22-24(13-15)14-16(2)21-12-20(25)23(3)19-10-6-8-17-7-4-5-9-18(17)19/h4-5,7,9,11,13,16,19,21H,6,8,10,12,14H2,1-3H3. The van der Waals surface area contributed by atoms with Gasteiger partial charge in [-0.1, -0.05) is 24.3 Å². The first-order valence-electron chi connectivity index (χ1n) is 9.10. The molecular weight excluding hydrogens is 312 g/mol. The molecule has 0 aliphatic heterocycles. The van der Waals surface area contributed by atoms with Crippen LogP contribution in [0.4, 0.5) is 0 Å². The number of aromatic nitrogens is 2. The molecule has 1 aliphatic carbocycles. The van der Waals surface area contributed by atoms with Crippen molar-refractivity contribution in [1.29, 1.82) is 0 Å². The highest BCUT2D eigenvalue weighted by molar-refractivity contribution is 5.78. The summed E-state index contributed by atoms with van der Waals surface area (Å²) in [7, 11) is 1.93. The van der Waals surface area contributed by atoms with Gasteiger partial charge in [0.2, 0.25) is 5.91 Å². The van der Waals surface area contributed by atoms with E-state index in [-0.39, 0.29) is 18.0 Å². The molecule has 1 heterocycles. The number of nitrogens with one attached hydrogen (secondary N) is 1. The van der Waals surface area contributed by atoms with Crippen molar-refractivity contribution in [2.45, 2.75) is 51.7 Å². The molecule has 2 atom stereocenters. The Labute approximate surface area is 150 Å². The van der Waals surface area contributed by atoms with Crippen LogP contribution < -0.4 is 5.32 Å². The van der Waals surface area contributed by atoms with Gasteiger partial charge < -0.3 is 10.2 Å². The lowest BCUT2D eigenvalue weighted by Crippen LogP contribution is -2.42. The van der Waals surface area contributed by atoms with Crippen LogP contribution in [-0.4, -0.2) is 40.2 Å². The van der Waals surface area contributed by atoms with Gasteiger partial charge in [-0.25, -0.2) is 0 Å². The summed E-state index contributed by atoms with van der Waals surface area (Å²) in [6, 6.07) is 8.90. The molecule has 1 aliphatic rings. The minimum absolute atomic E-state index is 0.144. The lowest BCUT2D eigenvalue weighted by atomic mass is 9.87. The van der Waals surface area contributed by atoms with Crippen LogP contribution in [0.2, 0.25) is 0 Å². The Balaban J connectivity index is 1.54. The van der Waals surface area contributed by atoms with Gasteiger partial charge in [-0.15, -0.1) is 0 Å². The van der Waals surface area contributed by atoms with Crippen LogP contribution in [0, 0.1) is 6.92 Å². The second-order valence-electron chi connectivity index (χ2n) is 7.13. The third kappa shape index (κ3) is 4.28. The Kier molecular flexibility index (Phi) is 5.53. The molecule has 1 aromatic heterocycles. The number of amides is 1. The molecule has 3 rings (SSSR count). The van der Waals surface area contributed by atoms with Gasteiger partial charge in [0.15, 0.2) is 0 Å². The van der Waals surface area contributed by atoms with E-state index in [2.05, 4.69) is 41.6 Å². The second-order valence-corrected chi connectivity index (χ2v) is 7.13. The Morgan fingerprint density at radius 1 is 1.44 bits per heavy atom. The predicted octanol–water partition coefficient (Wildman–Crippen LogP) is 2.71. The van der Waals surface area contributed by atoms with E-state index in [4.69, 9.17) is 0 Å². The van der Waals surface area contributed by atoms with Crippen molar-refractivity contribution < 1.29 is 4.79 Å². The number of benzene rings is 1. The van der Waals surface area contributed by atoms with Crippen LogP contribution in [0.25, 0.3) is 0 Å². The Hall–Kier alpha value is -2.14. The van der Waals surface area contributed by atoms with Crippen molar-refractivity contribution in [2.24, 2.45) is 0 Å². The van der Waals surface area contributed by atoms with Crippen LogP contribution in [0.1, 0.15) is 42.5 Å². The molecule has 1 aromatic carbocycles. The summed E-state index contributed by atoms with van der Waals surface area (Å²) >= 11 is 0. The molecule has 0 radical (unpaired) electrons. The lowest BCUT2D eigenvalue weighted by molar-refractivity contribution is -0.131. The Morgan fingerprint density at radius 3 is 3.00 bits per heavy atom. The molecule has 0 saturated carbocycles. The molecule has 1 N–H and O–H groups in total. The van der Waals surface area contributed by atoms with Crippen molar-refractivity contribution >= 4 is 5.91 Å². The largest absolute Gasteiger partial charge is 0.338 e. The quantitative estimate of drug-likeness (QED) is 0.880. The van der Waals surface area contributed by atoms with Crippen LogP contribution in [0.5, 0.6) is 0 Å². The molecule has 1 amide bonds. The summed E-state index contributed by atoms with van der Waals surface area (Å²) in [5.41, 5.74) is 3.84. The van der Waals surface area contributed by atoms with Gasteiger partial charge in [0.05, 0.1) is 25.3 Å². The fraction of sp³-hybridized carbons (Fsp3) is 0.500. The number of hydrogen-bond donors (Lipinski definition) is 1. The average molecular weight is 340 g/mol. The maximum absolute atomic E-state index is 12.7. The van der Waals surface area contributed by atoms with E-state index >= 15 is 0 Å². The van der Waals surface area contributed by atoms with Crippen molar-refractivity contribution in [3.63, 3.8) is 0 Å². The van der Waals surface area contributed by atoms with E-state index in [0.29, 0.717) is 6.54 Å². The number of likely N-dealkylation sites (N-methyl/N-ethyl adjacent to an activating group) is 1. The SMILES string of the molecule is Cc1cnn(CC(C)NCC(=O)N(C)C2CCCc3ccccc32)c1. The van der Waals surface area contributed by atoms with E-state index in [9.17, 15) is 4.79 Å². The zero-order valence-corrected chi connectivity index (χ0v) is 15.4. The summed E-state index contributed by atoms with van der Waals surface area (Å²) in [4.78, 5) is 14.6. The number of nitrogens with zero attached hydrogens (tertiary/aromatic N) is 3. The Morgan fingerprint density at radius 2 is 2.24 bits per heavy atom. The number of carbonyl (C=O) groups excluding carboxylic acids is 1. The molecular formula is C20H28N4O. The minimum Gasteiger partial charge on any atom is -0.338 e. The van der Waals surface area contributed by atoms with Crippen LogP contribution >= 0.6 is 0 Å². The molecule has 25 heavy (non-hydrogen) atoms. The van der Waals surface area contributed by atoms with Crippen molar-refractivity contribution in [3.05, 3.63) is 53.3 Å². The highest BCUT2D eigenvalue weighted by Gasteiger charge is 2.26. The average Bonchev–Trinajstić information content (AvgIpc) is 3.03. The third-order valence-corrected chi connectivity index (χ3v) is 5.02. The second kappa shape index (κ2) is 7.83. The van der Waals surface area contributed by atoms with E-state index in [0.717, 1.165) is 31.4 Å². The van der Waals surface area contributed by atoms with Gasteiger partial charge in [0, 0.05) is 19.3 Å². The maximum atomic E-state index is 12.7. The van der Waals surface area contributed by atoms with Crippen LogP contribution in [-0.2, 0) is 17.8 Å². The van der Waals surface area contributed by atoms with Gasteiger partial charge in [-0.2, -0.15) is 5.10 Å². The lowest BCUT2D eigenvalue weighted by Gasteiger charge is -2.33. The van der Waals surface area contributed by atoms with Gasteiger partial charge in [0.25, 0.3) is 0 Å². The first kappa shape index (κ1) is 17.7. The van der Waals surface area contributed by atoms with Gasteiger partial charge in [0.1, 0.15) is 0 Å². The molecule has 0 bridgehead atoms. The molecule has 2 unspecified atom stereocenters. The summed E-state index contributed by atoms with van der Waals surface area (Å²) in [5.74, 6) is 0.144. The van der Waals surface area contributed by atoms with Crippen molar-refractivity contribution in [1.82, 2.24) is 20.0 Å². The first-order valence-corrected chi connectivity index (χ1v) is 9.10. The van der Waals surface area contributed by atoms with Crippen molar-refractivity contribution in [3.8, 4) is 0 Å². The molecule has 5 nitrogen and oxygen atoms in total. The topological polar surface area (TPSA) is 50.2 Å². The van der Waals surface area contributed by atoms with E-state index in [1.54, 1.807) is 0 Å². The summed E-state index contributed by atoms with van der Waals surface area (Å²) in [6.07, 6.45) is 7.17. The zero-order chi connectivity index (χ0) is 17.8. The van der Waals surface area contributed by atoms with E-state index in [1.165, 1.54) is 11.1 Å². The van der Waals surface area contributed by atoms with E-state index < -0.39 is 0 Å². The Bertz CT molecular complexity index is 724. The fourth-order valence-corrected chi connectivity index (χ4v) is 3.60. The van der Waals surface area contributed by atoms with E-state index in [1.807, 2.05) is 35.9 Å². The number of aryl methyl sites for hydroxylation is 2. The van der Waals surface area contributed by atoms with Crippen LogP contribution in [0.3, 0.4) is 0 Å². The first-order chi connectivity index (χ1) is 12.0. The summed E-state index contributed by atoms with van der Waals surface area (Å²) in [5, 5.41) is 7.63. The predicted molar refractivity (Wildman–Crippen MR) is 99.3 cm³/mol. The summed E-state index contributed by atoms with van der Waals surface area (Å²) in [6.45, 7) is 5.23. The zero-order valence-electron chi connectivity index (χ0n) is 15.4. The summed E-state index contributed by atoms with van der Waals surface area (Å²) < 4.78 is 1.92. The number of rotatable bonds is 6. The molecule has 134 valence electrons. The minimum atomic E-state index is 0.144. The highest BCUT2D eigenvalue weighted by Crippen LogP contribution is 2.33. The smallest absolute Gasteiger partial charge is 0.236 e.